The monoisotopic (exact) mass is 213 g/mol. The number of aromatic nitrogens is 1. The molecule has 0 radical (unpaired) electrons. The minimum atomic E-state index is -0.944. The van der Waals surface area contributed by atoms with Crippen molar-refractivity contribution in [2.24, 2.45) is 0 Å². The van der Waals surface area contributed by atoms with Crippen LogP contribution in [0.2, 0.25) is 0 Å². The molecule has 0 fully saturated rings. The summed E-state index contributed by atoms with van der Waals surface area (Å²) in [5.74, 6) is -0.944. The third-order valence-electron chi connectivity index (χ3n) is 2.48. The minimum Gasteiger partial charge on any atom is -0.478 e. The highest BCUT2D eigenvalue weighted by atomic mass is 16.4. The zero-order chi connectivity index (χ0) is 11.5. The summed E-state index contributed by atoms with van der Waals surface area (Å²) in [5, 5.41) is 9.64. The molecule has 0 aliphatic rings. The first-order valence-corrected chi connectivity index (χ1v) is 4.94. The largest absolute Gasteiger partial charge is 0.478 e. The van der Waals surface area contributed by atoms with Gasteiger partial charge in [0.1, 0.15) is 0 Å². The minimum absolute atomic E-state index is 0.883. The lowest BCUT2D eigenvalue weighted by Gasteiger charge is -2.04. The molecule has 0 unspecified atom stereocenters. The van der Waals surface area contributed by atoms with E-state index in [1.54, 1.807) is 12.3 Å². The Kier molecular flexibility index (Phi) is 2.68. The maximum atomic E-state index is 10.4. The number of nitrogens with zero attached hydrogens (tertiary/aromatic N) is 1. The van der Waals surface area contributed by atoms with Crippen LogP contribution in [0, 0.1) is 6.92 Å². The topological polar surface area (TPSA) is 50.2 Å². The Morgan fingerprint density at radius 3 is 2.94 bits per heavy atom. The van der Waals surface area contributed by atoms with E-state index in [4.69, 9.17) is 5.11 Å². The third-order valence-corrected chi connectivity index (χ3v) is 2.48. The van der Waals surface area contributed by atoms with E-state index in [1.807, 2.05) is 31.2 Å². The molecular formula is C13H11NO2. The average Bonchev–Trinajstić information content (AvgIpc) is 2.28. The van der Waals surface area contributed by atoms with Crippen molar-refractivity contribution >= 4 is 22.9 Å². The number of aryl methyl sites for hydroxylation is 1. The van der Waals surface area contributed by atoms with E-state index in [0.717, 1.165) is 28.1 Å². The van der Waals surface area contributed by atoms with Gasteiger partial charge in [0.2, 0.25) is 0 Å². The van der Waals surface area contributed by atoms with Gasteiger partial charge >= 0.3 is 5.97 Å². The van der Waals surface area contributed by atoms with E-state index >= 15 is 0 Å². The van der Waals surface area contributed by atoms with Gasteiger partial charge in [0.05, 0.1) is 5.52 Å². The van der Waals surface area contributed by atoms with Crippen LogP contribution >= 0.6 is 0 Å². The number of pyridine rings is 1. The molecule has 1 aromatic heterocycles. The van der Waals surface area contributed by atoms with Crippen LogP contribution in [0.1, 0.15) is 11.1 Å². The summed E-state index contributed by atoms with van der Waals surface area (Å²) in [5.41, 5.74) is 2.79. The first-order valence-electron chi connectivity index (χ1n) is 4.94. The van der Waals surface area contributed by atoms with Crippen LogP contribution in [0.15, 0.2) is 36.5 Å². The fourth-order valence-corrected chi connectivity index (χ4v) is 1.65. The van der Waals surface area contributed by atoms with Crippen LogP contribution < -0.4 is 0 Å². The number of benzene rings is 1. The fraction of sp³-hybridized carbons (Fsp3) is 0.0769. The molecule has 0 atom stereocenters. The van der Waals surface area contributed by atoms with Crippen molar-refractivity contribution in [3.8, 4) is 0 Å². The molecule has 0 saturated carbocycles. The van der Waals surface area contributed by atoms with Crippen LogP contribution in [-0.4, -0.2) is 16.1 Å². The van der Waals surface area contributed by atoms with Crippen molar-refractivity contribution in [2.45, 2.75) is 6.92 Å². The number of fused-ring (bicyclic) bond motifs is 1. The second-order valence-electron chi connectivity index (χ2n) is 3.53. The number of hydrogen-bond donors (Lipinski definition) is 1. The lowest BCUT2D eigenvalue weighted by Crippen LogP contribution is -1.89. The van der Waals surface area contributed by atoms with Gasteiger partial charge in [-0.25, -0.2) is 4.79 Å². The molecule has 0 spiro atoms. The number of carboxylic acids is 1. The number of carboxylic acid groups (broad SMARTS) is 1. The molecule has 0 aliphatic carbocycles. The fourth-order valence-electron chi connectivity index (χ4n) is 1.65. The van der Waals surface area contributed by atoms with E-state index in [-0.39, 0.29) is 0 Å². The first-order chi connectivity index (χ1) is 7.68. The Hall–Kier alpha value is -2.16. The van der Waals surface area contributed by atoms with Crippen LogP contribution in [0.25, 0.3) is 17.0 Å². The highest BCUT2D eigenvalue weighted by Gasteiger charge is 2.01. The van der Waals surface area contributed by atoms with Crippen molar-refractivity contribution in [1.29, 1.82) is 0 Å². The van der Waals surface area contributed by atoms with E-state index in [0.29, 0.717) is 0 Å². The Bertz CT molecular complexity index is 573. The van der Waals surface area contributed by atoms with Crippen LogP contribution in [-0.2, 0) is 4.79 Å². The summed E-state index contributed by atoms with van der Waals surface area (Å²) >= 11 is 0. The number of carbonyl (C=O) groups is 1. The predicted octanol–water partition coefficient (Wildman–Crippen LogP) is 2.64. The van der Waals surface area contributed by atoms with E-state index in [9.17, 15) is 4.79 Å². The molecule has 2 aromatic rings. The van der Waals surface area contributed by atoms with Crippen molar-refractivity contribution < 1.29 is 9.90 Å². The SMILES string of the molecule is Cc1c(C=CC(=O)O)ccc2cccnc12. The molecule has 2 rings (SSSR count). The Balaban J connectivity index is 2.56. The Morgan fingerprint density at radius 1 is 1.38 bits per heavy atom. The van der Waals surface area contributed by atoms with Gasteiger partial charge in [0.15, 0.2) is 0 Å². The smallest absolute Gasteiger partial charge is 0.328 e. The normalized spacial score (nSPS) is 11.1. The lowest BCUT2D eigenvalue weighted by atomic mass is 10.0. The zero-order valence-corrected chi connectivity index (χ0v) is 8.84. The van der Waals surface area contributed by atoms with Gasteiger partial charge in [0.25, 0.3) is 0 Å². The number of rotatable bonds is 2. The second-order valence-corrected chi connectivity index (χ2v) is 3.53. The van der Waals surface area contributed by atoms with Crippen molar-refractivity contribution in [2.75, 3.05) is 0 Å². The summed E-state index contributed by atoms with van der Waals surface area (Å²) in [6, 6.07) is 7.71. The molecular weight excluding hydrogens is 202 g/mol. The van der Waals surface area contributed by atoms with E-state index in [1.165, 1.54) is 0 Å². The molecule has 3 heteroatoms. The summed E-state index contributed by atoms with van der Waals surface area (Å²) in [4.78, 5) is 14.7. The van der Waals surface area contributed by atoms with E-state index in [2.05, 4.69) is 4.98 Å². The zero-order valence-electron chi connectivity index (χ0n) is 8.84. The van der Waals surface area contributed by atoms with Gasteiger partial charge in [0, 0.05) is 17.7 Å². The van der Waals surface area contributed by atoms with Crippen LogP contribution in [0.3, 0.4) is 0 Å². The molecule has 80 valence electrons. The maximum Gasteiger partial charge on any atom is 0.328 e. The molecule has 1 aromatic carbocycles. The summed E-state index contributed by atoms with van der Waals surface area (Å²) in [6.07, 6.45) is 4.46. The highest BCUT2D eigenvalue weighted by Crippen LogP contribution is 2.20. The third kappa shape index (κ3) is 1.93. The molecule has 0 saturated heterocycles. The summed E-state index contributed by atoms with van der Waals surface area (Å²) in [7, 11) is 0. The quantitative estimate of drug-likeness (QED) is 0.780. The predicted molar refractivity (Wildman–Crippen MR) is 63.1 cm³/mol. The van der Waals surface area contributed by atoms with Crippen LogP contribution in [0.5, 0.6) is 0 Å². The first kappa shape index (κ1) is 10.4. The van der Waals surface area contributed by atoms with Crippen molar-refractivity contribution in [3.63, 3.8) is 0 Å². The lowest BCUT2D eigenvalue weighted by molar-refractivity contribution is -0.131. The standard InChI is InChI=1S/C13H11NO2/c1-9-10(6-7-12(15)16)4-5-11-3-2-8-14-13(9)11/h2-8H,1H3,(H,15,16). The van der Waals surface area contributed by atoms with Gasteiger partial charge in [-0.3, -0.25) is 4.98 Å². The summed E-state index contributed by atoms with van der Waals surface area (Å²) in [6.45, 7) is 1.94. The average molecular weight is 213 g/mol. The van der Waals surface area contributed by atoms with Gasteiger partial charge in [-0.15, -0.1) is 0 Å². The maximum absolute atomic E-state index is 10.4. The van der Waals surface area contributed by atoms with Crippen LogP contribution in [0.4, 0.5) is 0 Å². The van der Waals surface area contributed by atoms with Gasteiger partial charge < -0.3 is 5.11 Å². The van der Waals surface area contributed by atoms with E-state index < -0.39 is 5.97 Å². The Morgan fingerprint density at radius 2 is 2.19 bits per heavy atom. The van der Waals surface area contributed by atoms with Crippen molar-refractivity contribution in [1.82, 2.24) is 4.98 Å². The summed E-state index contributed by atoms with van der Waals surface area (Å²) < 4.78 is 0. The number of hydrogen-bond acceptors (Lipinski definition) is 2. The van der Waals surface area contributed by atoms with Gasteiger partial charge in [-0.1, -0.05) is 18.2 Å². The van der Waals surface area contributed by atoms with Gasteiger partial charge in [-0.05, 0) is 30.2 Å². The number of aliphatic carboxylic acids is 1. The van der Waals surface area contributed by atoms with Gasteiger partial charge in [-0.2, -0.15) is 0 Å². The molecule has 1 heterocycles. The second kappa shape index (κ2) is 4.14. The Labute approximate surface area is 93.1 Å². The molecule has 1 N–H and O–H groups in total. The molecule has 3 nitrogen and oxygen atoms in total. The molecule has 0 bridgehead atoms. The van der Waals surface area contributed by atoms with Crippen molar-refractivity contribution in [3.05, 3.63) is 47.7 Å². The molecule has 0 aliphatic heterocycles. The highest BCUT2D eigenvalue weighted by molar-refractivity contribution is 5.89. The molecule has 0 amide bonds. The molecule has 16 heavy (non-hydrogen) atoms.